The van der Waals surface area contributed by atoms with E-state index in [0.29, 0.717) is 13.1 Å². The number of amides is 1. The summed E-state index contributed by atoms with van der Waals surface area (Å²) in [4.78, 5) is 13.8. The van der Waals surface area contributed by atoms with Crippen molar-refractivity contribution in [1.82, 2.24) is 4.90 Å². The minimum Gasteiger partial charge on any atom is -0.285 e. The van der Waals surface area contributed by atoms with Gasteiger partial charge in [0.15, 0.2) is 5.08 Å². The Kier molecular flexibility index (Phi) is 4.68. The monoisotopic (exact) mass is 350 g/mol. The van der Waals surface area contributed by atoms with Gasteiger partial charge in [-0.25, -0.2) is 13.3 Å². The van der Waals surface area contributed by atoms with Gasteiger partial charge >= 0.3 is 6.03 Å². The molecular weight excluding hydrogens is 334 g/mol. The highest BCUT2D eigenvalue weighted by Gasteiger charge is 2.28. The van der Waals surface area contributed by atoms with Crippen LogP contribution >= 0.6 is 0 Å². The number of hydrogen-bond acceptors (Lipinski definition) is 5. The maximum absolute atomic E-state index is 12.2. The number of pyridine rings is 1. The molecule has 122 valence electrons. The van der Waals surface area contributed by atoms with E-state index in [1.807, 2.05) is 4.72 Å². The lowest BCUT2D eigenvalue weighted by molar-refractivity contribution is -0.577. The molecule has 2 heterocycles. The molecule has 0 aromatic carbocycles. The number of nitrogens with one attached hydrogen (secondary N) is 1. The predicted molar refractivity (Wildman–Crippen MR) is 77.2 cm³/mol. The number of likely N-dealkylation sites (tertiary alicyclic amines) is 1. The first-order valence-corrected chi connectivity index (χ1v) is 9.69. The van der Waals surface area contributed by atoms with Crippen molar-refractivity contribution in [3.05, 3.63) is 24.5 Å². The van der Waals surface area contributed by atoms with Gasteiger partial charge in [0.2, 0.25) is 10.0 Å². The lowest BCUT2D eigenvalue weighted by Gasteiger charge is -2.09. The largest absolute Gasteiger partial charge is 0.497 e. The molecule has 0 atom stereocenters. The summed E-state index contributed by atoms with van der Waals surface area (Å²) in [6.07, 6.45) is 4.57. The van der Waals surface area contributed by atoms with Crippen molar-refractivity contribution in [1.29, 1.82) is 0 Å². The molecule has 1 saturated heterocycles. The van der Waals surface area contributed by atoms with Gasteiger partial charge in [0, 0.05) is 0 Å². The first-order chi connectivity index (χ1) is 10.2. The molecule has 1 aromatic rings. The maximum Gasteiger partial charge on any atom is 0.497 e. The van der Waals surface area contributed by atoms with E-state index in [1.165, 1.54) is 29.1 Å². The van der Waals surface area contributed by atoms with Crippen molar-refractivity contribution in [2.75, 3.05) is 22.9 Å². The van der Waals surface area contributed by atoms with Crippen LogP contribution in [-0.4, -0.2) is 50.5 Å². The van der Waals surface area contributed by atoms with E-state index in [2.05, 4.69) is 0 Å². The lowest BCUT2D eigenvalue weighted by atomic mass is 10.4. The van der Waals surface area contributed by atoms with E-state index in [0.717, 1.165) is 12.8 Å². The second-order valence-electron chi connectivity index (χ2n) is 4.89. The van der Waals surface area contributed by atoms with Crippen LogP contribution in [-0.2, 0) is 20.1 Å². The normalized spacial score (nSPS) is 15.8. The summed E-state index contributed by atoms with van der Waals surface area (Å²) in [7, 11) is -8.95. The molecule has 0 saturated carbocycles. The minimum atomic E-state index is -4.67. The van der Waals surface area contributed by atoms with Crippen LogP contribution in [0.2, 0.25) is 0 Å². The van der Waals surface area contributed by atoms with E-state index < -0.39 is 25.2 Å². The fourth-order valence-corrected chi connectivity index (χ4v) is 4.42. The molecule has 1 aromatic heterocycles. The first-order valence-electron chi connectivity index (χ1n) is 6.42. The highest BCUT2D eigenvalue weighted by molar-refractivity contribution is 8.06. The zero-order valence-corrected chi connectivity index (χ0v) is 13.2. The maximum atomic E-state index is 12.2. The van der Waals surface area contributed by atoms with Crippen molar-refractivity contribution in [3.8, 4) is 0 Å². The van der Waals surface area contributed by atoms with Gasteiger partial charge in [0.25, 0.3) is 10.1 Å². The van der Waals surface area contributed by atoms with Crippen LogP contribution in [0.25, 0.3) is 0 Å². The van der Waals surface area contributed by atoms with Crippen LogP contribution in [0.15, 0.2) is 24.5 Å². The smallest absolute Gasteiger partial charge is 0.285 e. The Bertz CT molecular complexity index is 769. The lowest BCUT2D eigenvalue weighted by Crippen LogP contribution is -2.51. The summed E-state index contributed by atoms with van der Waals surface area (Å²) in [5.74, 6) is 0. The number of anilines is 1. The van der Waals surface area contributed by atoms with E-state index in [4.69, 9.17) is 4.55 Å². The highest BCUT2D eigenvalue weighted by Crippen LogP contribution is 2.09. The summed E-state index contributed by atoms with van der Waals surface area (Å²) < 4.78 is 56.3. The van der Waals surface area contributed by atoms with Crippen LogP contribution in [0.5, 0.6) is 0 Å². The van der Waals surface area contributed by atoms with Crippen molar-refractivity contribution in [2.24, 2.45) is 0 Å². The molecule has 2 N–H and O–H groups in total. The number of nitrogens with zero attached hydrogens (tertiary/aromatic N) is 2. The Morgan fingerprint density at radius 1 is 1.27 bits per heavy atom. The van der Waals surface area contributed by atoms with Gasteiger partial charge in [0.1, 0.15) is 6.20 Å². The highest BCUT2D eigenvalue weighted by atomic mass is 32.3. The van der Waals surface area contributed by atoms with Crippen molar-refractivity contribution in [2.45, 2.75) is 12.8 Å². The van der Waals surface area contributed by atoms with Gasteiger partial charge in [-0.2, -0.15) is 17.8 Å². The Morgan fingerprint density at radius 2 is 1.91 bits per heavy atom. The van der Waals surface area contributed by atoms with Gasteiger partial charge in [-0.15, -0.1) is 0 Å². The Labute approximate surface area is 128 Å². The van der Waals surface area contributed by atoms with Gasteiger partial charge in [0.05, 0.1) is 25.0 Å². The molecule has 1 amide bonds. The molecule has 0 unspecified atom stereocenters. The quantitative estimate of drug-likeness (QED) is 0.563. The third kappa shape index (κ3) is 4.64. The molecule has 0 radical (unpaired) electrons. The molecule has 1 aliphatic heterocycles. The van der Waals surface area contributed by atoms with E-state index in [-0.39, 0.29) is 11.7 Å². The van der Waals surface area contributed by atoms with Crippen LogP contribution in [0.1, 0.15) is 12.8 Å². The molecule has 0 spiro atoms. The predicted octanol–water partition coefficient (Wildman–Crippen LogP) is -0.375. The number of sulfonamides is 1. The Morgan fingerprint density at radius 3 is 2.50 bits per heavy atom. The average molecular weight is 350 g/mol. The zero-order valence-electron chi connectivity index (χ0n) is 11.5. The van der Waals surface area contributed by atoms with Crippen LogP contribution in [0.3, 0.4) is 0 Å². The molecule has 1 aliphatic rings. The number of carbonyl (C=O) groups excluding carboxylic acids is 1. The second kappa shape index (κ2) is 6.18. The average Bonchev–Trinajstić information content (AvgIpc) is 2.88. The summed E-state index contributed by atoms with van der Waals surface area (Å²) in [6, 6.07) is 2.54. The van der Waals surface area contributed by atoms with Gasteiger partial charge in [-0.05, 0) is 25.0 Å². The second-order valence-corrected chi connectivity index (χ2v) is 8.43. The number of hydrogen-bond donors (Lipinski definition) is 2. The standard InChI is InChI=1S/C11H15N3O6S2/c15-11(13-5-1-2-6-13)14-7-3-4-10(8-14)12-21(16,17)9-22(18,19)20/h3-4,7-8,12H,1-2,5-6,9H2/p+1. The zero-order chi connectivity index (χ0) is 16.4. The van der Waals surface area contributed by atoms with Crippen LogP contribution in [0.4, 0.5) is 10.5 Å². The number of rotatable bonds is 4. The molecule has 1 fully saturated rings. The SMILES string of the molecule is O=C(N1CCCC1)[n+]1cccc(NS(=O)(=O)CS(=O)(=O)O)c1. The molecular formula is C11H16N3O6S2+. The fraction of sp³-hybridized carbons (Fsp3) is 0.455. The molecule has 2 rings (SSSR count). The van der Waals surface area contributed by atoms with Crippen molar-refractivity contribution < 1.29 is 30.7 Å². The molecule has 22 heavy (non-hydrogen) atoms. The summed E-state index contributed by atoms with van der Waals surface area (Å²) in [5.41, 5.74) is 0.0266. The van der Waals surface area contributed by atoms with E-state index in [9.17, 15) is 21.6 Å². The number of aromatic nitrogens is 1. The summed E-state index contributed by atoms with van der Waals surface area (Å²) >= 11 is 0. The molecule has 0 bridgehead atoms. The third-order valence-corrected chi connectivity index (χ3v) is 5.95. The van der Waals surface area contributed by atoms with Crippen LogP contribution in [0, 0.1) is 0 Å². The summed E-state index contributed by atoms with van der Waals surface area (Å²) in [6.45, 7) is 1.29. The number of carbonyl (C=O) groups is 1. The van der Waals surface area contributed by atoms with Gasteiger partial charge < -0.3 is 0 Å². The van der Waals surface area contributed by atoms with Crippen molar-refractivity contribution in [3.63, 3.8) is 0 Å². The van der Waals surface area contributed by atoms with Gasteiger partial charge in [-0.1, -0.05) is 0 Å². The Hall–Kier alpha value is -1.72. The topological polar surface area (TPSA) is 125 Å². The van der Waals surface area contributed by atoms with Crippen molar-refractivity contribution >= 4 is 31.9 Å². The van der Waals surface area contributed by atoms with E-state index >= 15 is 0 Å². The molecule has 11 heteroatoms. The molecule has 0 aliphatic carbocycles. The van der Waals surface area contributed by atoms with Gasteiger partial charge in [-0.3, -0.25) is 9.27 Å². The fourth-order valence-electron chi connectivity index (χ4n) is 2.13. The minimum absolute atomic E-state index is 0.0266. The van der Waals surface area contributed by atoms with E-state index in [1.54, 1.807) is 4.90 Å². The first kappa shape index (κ1) is 16.6. The summed E-state index contributed by atoms with van der Waals surface area (Å²) in [5, 5.41) is -1.45. The third-order valence-electron chi connectivity index (χ3n) is 2.98. The van der Waals surface area contributed by atoms with Crippen LogP contribution < -0.4 is 9.29 Å². The Balaban J connectivity index is 2.16. The molecule has 9 nitrogen and oxygen atoms in total.